The van der Waals surface area contributed by atoms with E-state index in [4.69, 9.17) is 4.99 Å². The van der Waals surface area contributed by atoms with Gasteiger partial charge in [0.25, 0.3) is 0 Å². The van der Waals surface area contributed by atoms with Crippen molar-refractivity contribution in [3.05, 3.63) is 48.0 Å². The largest absolute Gasteiger partial charge is 0.368 e. The quantitative estimate of drug-likeness (QED) is 0.784. The van der Waals surface area contributed by atoms with E-state index in [-0.39, 0.29) is 0 Å². The van der Waals surface area contributed by atoms with Crippen molar-refractivity contribution in [3.63, 3.8) is 0 Å². The Morgan fingerprint density at radius 3 is 2.57 bits per heavy atom. The second-order valence-electron chi connectivity index (χ2n) is 6.06. The molecule has 4 heteroatoms. The third-order valence-electron chi connectivity index (χ3n) is 4.75. The summed E-state index contributed by atoms with van der Waals surface area (Å²) in [5.74, 6) is 0. The lowest BCUT2D eigenvalue weighted by molar-refractivity contribution is 0.271. The smallest absolute Gasteiger partial charge is 0.0864 e. The van der Waals surface area contributed by atoms with Crippen molar-refractivity contribution >= 4 is 29.0 Å². The van der Waals surface area contributed by atoms with Gasteiger partial charge in [0.2, 0.25) is 0 Å². The number of para-hydroxylation sites is 2. The Balaban J connectivity index is 1.68. The van der Waals surface area contributed by atoms with Crippen LogP contribution in [0.5, 0.6) is 0 Å². The molecule has 23 heavy (non-hydrogen) atoms. The molecule has 118 valence electrons. The lowest BCUT2D eigenvalue weighted by Gasteiger charge is -2.36. The van der Waals surface area contributed by atoms with Gasteiger partial charge in [-0.3, -0.25) is 4.99 Å². The van der Waals surface area contributed by atoms with Gasteiger partial charge in [0.05, 0.1) is 11.4 Å². The van der Waals surface area contributed by atoms with Crippen LogP contribution in [0.3, 0.4) is 0 Å². The molecule has 4 nitrogen and oxygen atoms in total. The summed E-state index contributed by atoms with van der Waals surface area (Å²) >= 11 is 0. The number of piperazine rings is 1. The van der Waals surface area contributed by atoms with E-state index in [1.54, 1.807) is 0 Å². The molecule has 1 N–H and O–H groups in total. The van der Waals surface area contributed by atoms with Gasteiger partial charge in [0, 0.05) is 49.3 Å². The van der Waals surface area contributed by atoms with Crippen molar-refractivity contribution < 1.29 is 0 Å². The Kier molecular flexibility index (Phi) is 3.75. The third-order valence-corrected chi connectivity index (χ3v) is 4.75. The molecule has 0 radical (unpaired) electrons. The maximum absolute atomic E-state index is 4.69. The average Bonchev–Trinajstić information content (AvgIpc) is 2.81. The fourth-order valence-corrected chi connectivity index (χ4v) is 3.35. The normalized spacial score (nSPS) is 17.2. The van der Waals surface area contributed by atoms with Crippen LogP contribution in [0.4, 0.5) is 22.7 Å². The van der Waals surface area contributed by atoms with Crippen molar-refractivity contribution in [1.82, 2.24) is 4.90 Å². The first-order valence-electron chi connectivity index (χ1n) is 8.35. The van der Waals surface area contributed by atoms with Gasteiger partial charge >= 0.3 is 0 Å². The number of benzene rings is 2. The number of hydrogen-bond donors (Lipinski definition) is 1. The molecule has 0 unspecified atom stereocenters. The van der Waals surface area contributed by atoms with Gasteiger partial charge in [0.1, 0.15) is 0 Å². The zero-order valence-corrected chi connectivity index (χ0v) is 13.5. The summed E-state index contributed by atoms with van der Waals surface area (Å²) in [6.45, 7) is 7.78. The van der Waals surface area contributed by atoms with Crippen molar-refractivity contribution in [2.45, 2.75) is 6.92 Å². The zero-order chi connectivity index (χ0) is 15.6. The van der Waals surface area contributed by atoms with E-state index in [2.05, 4.69) is 46.3 Å². The van der Waals surface area contributed by atoms with Crippen LogP contribution in [0.25, 0.3) is 0 Å². The number of nitrogens with zero attached hydrogens (tertiary/aromatic N) is 3. The van der Waals surface area contributed by atoms with Crippen LogP contribution in [-0.2, 0) is 0 Å². The predicted molar refractivity (Wildman–Crippen MR) is 97.7 cm³/mol. The molecule has 0 aromatic heterocycles. The van der Waals surface area contributed by atoms with E-state index in [0.29, 0.717) is 0 Å². The number of aliphatic imine (C=N–C) groups is 1. The number of hydrogen-bond acceptors (Lipinski definition) is 4. The van der Waals surface area contributed by atoms with Crippen molar-refractivity contribution in [3.8, 4) is 0 Å². The molecular weight excluding hydrogens is 284 g/mol. The van der Waals surface area contributed by atoms with Crippen LogP contribution in [-0.4, -0.2) is 43.8 Å². The number of fused-ring (bicyclic) bond motifs is 2. The van der Waals surface area contributed by atoms with Gasteiger partial charge in [0.15, 0.2) is 0 Å². The molecule has 2 aliphatic heterocycles. The minimum atomic E-state index is 0.991. The summed E-state index contributed by atoms with van der Waals surface area (Å²) in [6.07, 6.45) is 2.01. The molecule has 1 saturated heterocycles. The molecular formula is C19H22N4. The third kappa shape index (κ3) is 2.70. The van der Waals surface area contributed by atoms with Crippen LogP contribution in [0, 0.1) is 0 Å². The fraction of sp³-hybridized carbons (Fsp3) is 0.316. The molecule has 0 atom stereocenters. The summed E-state index contributed by atoms with van der Waals surface area (Å²) in [6, 6.07) is 14.7. The highest BCUT2D eigenvalue weighted by Gasteiger charge is 2.20. The van der Waals surface area contributed by atoms with Crippen LogP contribution < -0.4 is 10.2 Å². The second kappa shape index (κ2) is 6.05. The van der Waals surface area contributed by atoms with Crippen LogP contribution >= 0.6 is 0 Å². The van der Waals surface area contributed by atoms with Crippen molar-refractivity contribution in [2.24, 2.45) is 4.99 Å². The minimum Gasteiger partial charge on any atom is -0.368 e. The SMILES string of the molecule is CCN1CCN(c2cccc3c2C=Nc2ccccc2N3)CC1. The molecule has 4 rings (SSSR count). The first kappa shape index (κ1) is 14.3. The highest BCUT2D eigenvalue weighted by molar-refractivity contribution is 6.00. The highest BCUT2D eigenvalue weighted by atomic mass is 15.3. The molecule has 1 fully saturated rings. The standard InChI is InChI=1S/C19H22N4/c1-2-22-10-12-23(13-11-22)19-9-5-8-16-15(19)14-20-17-6-3-4-7-18(17)21-16/h3-9,14,21H,2,10-13H2,1H3. The Hall–Kier alpha value is -2.33. The van der Waals surface area contributed by atoms with E-state index in [1.807, 2.05) is 24.4 Å². The van der Waals surface area contributed by atoms with Crippen molar-refractivity contribution in [1.29, 1.82) is 0 Å². The average molecular weight is 306 g/mol. The highest BCUT2D eigenvalue weighted by Crippen LogP contribution is 2.35. The molecule has 2 aromatic rings. The molecule has 2 aliphatic rings. The Morgan fingerprint density at radius 1 is 0.957 bits per heavy atom. The van der Waals surface area contributed by atoms with E-state index in [1.165, 1.54) is 11.3 Å². The summed E-state index contributed by atoms with van der Waals surface area (Å²) < 4.78 is 0. The zero-order valence-electron chi connectivity index (χ0n) is 13.5. The van der Waals surface area contributed by atoms with Gasteiger partial charge in [-0.25, -0.2) is 0 Å². The topological polar surface area (TPSA) is 30.9 Å². The molecule has 2 heterocycles. The van der Waals surface area contributed by atoms with Gasteiger partial charge in [-0.05, 0) is 30.8 Å². The summed E-state index contributed by atoms with van der Waals surface area (Å²) in [4.78, 5) is 9.67. The summed E-state index contributed by atoms with van der Waals surface area (Å²) in [5.41, 5.74) is 5.66. The second-order valence-corrected chi connectivity index (χ2v) is 6.06. The number of nitrogens with one attached hydrogen (secondary N) is 1. The van der Waals surface area contributed by atoms with Crippen molar-refractivity contribution in [2.75, 3.05) is 42.9 Å². The lowest BCUT2D eigenvalue weighted by Crippen LogP contribution is -2.46. The van der Waals surface area contributed by atoms with Crippen LogP contribution in [0.2, 0.25) is 0 Å². The maximum Gasteiger partial charge on any atom is 0.0864 e. The Labute approximate surface area is 137 Å². The molecule has 0 spiro atoms. The van der Waals surface area contributed by atoms with E-state index >= 15 is 0 Å². The lowest BCUT2D eigenvalue weighted by atomic mass is 10.1. The van der Waals surface area contributed by atoms with E-state index in [0.717, 1.165) is 49.8 Å². The molecule has 2 aromatic carbocycles. The van der Waals surface area contributed by atoms with E-state index in [9.17, 15) is 0 Å². The minimum absolute atomic E-state index is 0.991. The van der Waals surface area contributed by atoms with Crippen LogP contribution in [0.1, 0.15) is 12.5 Å². The monoisotopic (exact) mass is 306 g/mol. The molecule has 0 aliphatic carbocycles. The molecule has 0 saturated carbocycles. The number of anilines is 3. The Bertz CT molecular complexity index is 730. The Morgan fingerprint density at radius 2 is 1.74 bits per heavy atom. The number of rotatable bonds is 2. The summed E-state index contributed by atoms with van der Waals surface area (Å²) in [7, 11) is 0. The predicted octanol–water partition coefficient (Wildman–Crippen LogP) is 3.64. The van der Waals surface area contributed by atoms with Gasteiger partial charge < -0.3 is 15.1 Å². The number of likely N-dealkylation sites (N-methyl/N-ethyl adjacent to an activating group) is 1. The summed E-state index contributed by atoms with van der Waals surface area (Å²) in [5, 5.41) is 3.54. The van der Waals surface area contributed by atoms with Gasteiger partial charge in [-0.15, -0.1) is 0 Å². The fourth-order valence-electron chi connectivity index (χ4n) is 3.35. The molecule has 0 bridgehead atoms. The van der Waals surface area contributed by atoms with Gasteiger partial charge in [-0.2, -0.15) is 0 Å². The first-order valence-corrected chi connectivity index (χ1v) is 8.35. The first-order chi connectivity index (χ1) is 11.3. The molecule has 0 amide bonds. The van der Waals surface area contributed by atoms with Crippen LogP contribution in [0.15, 0.2) is 47.5 Å². The van der Waals surface area contributed by atoms with Gasteiger partial charge in [-0.1, -0.05) is 25.1 Å². The maximum atomic E-state index is 4.69. The van der Waals surface area contributed by atoms with E-state index < -0.39 is 0 Å².